The van der Waals surface area contributed by atoms with Crippen LogP contribution in [0.2, 0.25) is 0 Å². The molecule has 1 aromatic heterocycles. The number of aromatic nitrogens is 1. The minimum atomic E-state index is -0.427. The number of hydrogen-bond acceptors (Lipinski definition) is 4. The fraction of sp³-hybridized carbons (Fsp3) is 0.105. The summed E-state index contributed by atoms with van der Waals surface area (Å²) in [6, 6.07) is 16.3. The maximum Gasteiger partial charge on any atom is 0.269 e. The van der Waals surface area contributed by atoms with Gasteiger partial charge in [0.25, 0.3) is 5.69 Å². The lowest BCUT2D eigenvalue weighted by atomic mass is 10.2. The van der Waals surface area contributed by atoms with Crippen molar-refractivity contribution < 1.29 is 4.92 Å². The predicted octanol–water partition coefficient (Wildman–Crippen LogP) is 5.21. The SMILES string of the molecule is Cc1cc(C=NNc2ccc([N+](=O)[O-])cc2)c(C)n1-c1ccc(Br)cc1. The van der Waals surface area contributed by atoms with Gasteiger partial charge in [0.05, 0.1) is 16.8 Å². The summed E-state index contributed by atoms with van der Waals surface area (Å²) in [5.74, 6) is 0. The van der Waals surface area contributed by atoms with Crippen molar-refractivity contribution in [2.75, 3.05) is 5.43 Å². The molecule has 0 aliphatic rings. The molecule has 0 unspecified atom stereocenters. The molecule has 7 heteroatoms. The molecule has 26 heavy (non-hydrogen) atoms. The van der Waals surface area contributed by atoms with Gasteiger partial charge in [0.15, 0.2) is 0 Å². The van der Waals surface area contributed by atoms with Crippen molar-refractivity contribution in [3.05, 3.63) is 86.1 Å². The van der Waals surface area contributed by atoms with E-state index in [9.17, 15) is 10.1 Å². The molecule has 0 atom stereocenters. The van der Waals surface area contributed by atoms with E-state index in [1.165, 1.54) is 12.1 Å². The van der Waals surface area contributed by atoms with Gasteiger partial charge in [0.2, 0.25) is 0 Å². The molecule has 6 nitrogen and oxygen atoms in total. The molecule has 0 saturated heterocycles. The van der Waals surface area contributed by atoms with Gasteiger partial charge in [0, 0.05) is 39.2 Å². The van der Waals surface area contributed by atoms with Gasteiger partial charge < -0.3 is 4.57 Å². The Bertz CT molecular complexity index is 960. The van der Waals surface area contributed by atoms with Crippen LogP contribution >= 0.6 is 15.9 Å². The lowest BCUT2D eigenvalue weighted by Crippen LogP contribution is -1.99. The molecule has 0 aliphatic carbocycles. The van der Waals surface area contributed by atoms with E-state index in [1.54, 1.807) is 18.3 Å². The normalized spacial score (nSPS) is 11.0. The Kier molecular flexibility index (Phi) is 5.18. The summed E-state index contributed by atoms with van der Waals surface area (Å²) in [6.45, 7) is 4.10. The quantitative estimate of drug-likeness (QED) is 0.355. The van der Waals surface area contributed by atoms with Crippen molar-refractivity contribution in [1.29, 1.82) is 0 Å². The van der Waals surface area contributed by atoms with Gasteiger partial charge in [-0.3, -0.25) is 15.5 Å². The highest BCUT2D eigenvalue weighted by molar-refractivity contribution is 9.10. The number of hydrazone groups is 1. The maximum atomic E-state index is 10.7. The van der Waals surface area contributed by atoms with Crippen molar-refractivity contribution in [2.24, 2.45) is 5.10 Å². The van der Waals surface area contributed by atoms with Crippen molar-refractivity contribution in [3.8, 4) is 5.69 Å². The maximum absolute atomic E-state index is 10.7. The number of anilines is 1. The molecule has 0 bridgehead atoms. The number of rotatable bonds is 5. The van der Waals surface area contributed by atoms with E-state index in [4.69, 9.17) is 0 Å². The van der Waals surface area contributed by atoms with Gasteiger partial charge in [0.1, 0.15) is 0 Å². The Morgan fingerprint density at radius 3 is 2.38 bits per heavy atom. The minimum Gasteiger partial charge on any atom is -0.318 e. The zero-order valence-corrected chi connectivity index (χ0v) is 15.9. The van der Waals surface area contributed by atoms with E-state index in [0.717, 1.165) is 27.1 Å². The van der Waals surface area contributed by atoms with Gasteiger partial charge >= 0.3 is 0 Å². The molecule has 1 heterocycles. The average Bonchev–Trinajstić information content (AvgIpc) is 2.90. The molecule has 0 fully saturated rings. The fourth-order valence-electron chi connectivity index (χ4n) is 2.74. The first-order valence-corrected chi connectivity index (χ1v) is 8.73. The Morgan fingerprint density at radius 2 is 1.77 bits per heavy atom. The van der Waals surface area contributed by atoms with Crippen molar-refractivity contribution in [2.45, 2.75) is 13.8 Å². The third kappa shape index (κ3) is 3.83. The number of halogens is 1. The second-order valence-electron chi connectivity index (χ2n) is 5.81. The van der Waals surface area contributed by atoms with Gasteiger partial charge in [-0.1, -0.05) is 15.9 Å². The van der Waals surface area contributed by atoms with E-state index >= 15 is 0 Å². The molecule has 0 saturated carbocycles. The predicted molar refractivity (Wildman–Crippen MR) is 107 cm³/mol. The highest BCUT2D eigenvalue weighted by Crippen LogP contribution is 2.21. The summed E-state index contributed by atoms with van der Waals surface area (Å²) in [5, 5.41) is 14.9. The summed E-state index contributed by atoms with van der Waals surface area (Å²) in [4.78, 5) is 10.2. The molecule has 2 aromatic carbocycles. The van der Waals surface area contributed by atoms with Gasteiger partial charge in [-0.25, -0.2) is 0 Å². The third-order valence-corrected chi connectivity index (χ3v) is 4.56. The number of nitro groups is 1. The largest absolute Gasteiger partial charge is 0.318 e. The highest BCUT2D eigenvalue weighted by Gasteiger charge is 2.09. The van der Waals surface area contributed by atoms with Crippen LogP contribution in [0.3, 0.4) is 0 Å². The minimum absolute atomic E-state index is 0.0533. The molecular weight excluding hydrogens is 396 g/mol. The molecular formula is C19H17BrN4O2. The van der Waals surface area contributed by atoms with Crippen LogP contribution in [-0.4, -0.2) is 15.7 Å². The van der Waals surface area contributed by atoms with Crippen LogP contribution in [0.25, 0.3) is 5.69 Å². The summed E-state index contributed by atoms with van der Waals surface area (Å²) in [5.41, 5.74) is 7.92. The zero-order chi connectivity index (χ0) is 18.7. The first-order valence-electron chi connectivity index (χ1n) is 7.94. The molecule has 3 rings (SSSR count). The standard InChI is InChI=1S/C19H17BrN4O2/c1-13-11-15(14(2)23(13)18-7-3-16(20)4-8-18)12-21-22-17-5-9-19(10-6-17)24(25)26/h3-12,22H,1-2H3. The topological polar surface area (TPSA) is 72.5 Å². The Morgan fingerprint density at radius 1 is 1.12 bits per heavy atom. The molecule has 0 radical (unpaired) electrons. The first kappa shape index (κ1) is 17.9. The van der Waals surface area contributed by atoms with Crippen LogP contribution in [0, 0.1) is 24.0 Å². The molecule has 132 valence electrons. The second kappa shape index (κ2) is 7.53. The van der Waals surface area contributed by atoms with E-state index < -0.39 is 4.92 Å². The van der Waals surface area contributed by atoms with Gasteiger partial charge in [-0.15, -0.1) is 0 Å². The van der Waals surface area contributed by atoms with Crippen molar-refractivity contribution in [1.82, 2.24) is 4.57 Å². The molecule has 0 amide bonds. The van der Waals surface area contributed by atoms with Crippen LogP contribution in [0.5, 0.6) is 0 Å². The van der Waals surface area contributed by atoms with Crippen molar-refractivity contribution in [3.63, 3.8) is 0 Å². The van der Waals surface area contributed by atoms with Crippen LogP contribution in [0.15, 0.2) is 64.2 Å². The number of hydrogen-bond donors (Lipinski definition) is 1. The van der Waals surface area contributed by atoms with Crippen LogP contribution in [-0.2, 0) is 0 Å². The van der Waals surface area contributed by atoms with Crippen molar-refractivity contribution >= 4 is 33.5 Å². The number of benzene rings is 2. The fourth-order valence-corrected chi connectivity index (χ4v) is 3.00. The number of nitrogens with zero attached hydrogens (tertiary/aromatic N) is 3. The summed E-state index contributed by atoms with van der Waals surface area (Å²) < 4.78 is 3.21. The Labute approximate surface area is 159 Å². The van der Waals surface area contributed by atoms with Gasteiger partial charge in [-0.05, 0) is 56.3 Å². The molecule has 0 spiro atoms. The number of nitro benzene ring substituents is 1. The second-order valence-corrected chi connectivity index (χ2v) is 6.73. The van der Waals surface area contributed by atoms with Crippen LogP contribution in [0.1, 0.15) is 17.0 Å². The monoisotopic (exact) mass is 412 g/mol. The summed E-state index contributed by atoms with van der Waals surface area (Å²) in [6.07, 6.45) is 1.75. The number of aryl methyl sites for hydroxylation is 1. The highest BCUT2D eigenvalue weighted by atomic mass is 79.9. The third-order valence-electron chi connectivity index (χ3n) is 4.03. The molecule has 1 N–H and O–H groups in total. The van der Waals surface area contributed by atoms with Crippen LogP contribution < -0.4 is 5.43 Å². The lowest BCUT2D eigenvalue weighted by molar-refractivity contribution is -0.384. The zero-order valence-electron chi connectivity index (χ0n) is 14.3. The van der Waals surface area contributed by atoms with Crippen LogP contribution in [0.4, 0.5) is 11.4 Å². The Hall–Kier alpha value is -2.93. The Balaban J connectivity index is 1.78. The first-order chi connectivity index (χ1) is 12.5. The van der Waals surface area contributed by atoms with E-state index in [0.29, 0.717) is 5.69 Å². The molecule has 0 aliphatic heterocycles. The summed E-state index contributed by atoms with van der Waals surface area (Å²) >= 11 is 3.45. The van der Waals surface area contributed by atoms with E-state index in [1.807, 2.05) is 19.1 Å². The lowest BCUT2D eigenvalue weighted by Gasteiger charge is -2.09. The number of nitrogens with one attached hydrogen (secondary N) is 1. The van der Waals surface area contributed by atoms with E-state index in [2.05, 4.69) is 56.1 Å². The number of non-ortho nitro benzene ring substituents is 1. The average molecular weight is 413 g/mol. The summed E-state index contributed by atoms with van der Waals surface area (Å²) in [7, 11) is 0. The molecule has 3 aromatic rings. The van der Waals surface area contributed by atoms with E-state index in [-0.39, 0.29) is 5.69 Å². The smallest absolute Gasteiger partial charge is 0.269 e. The van der Waals surface area contributed by atoms with Gasteiger partial charge in [-0.2, -0.15) is 5.10 Å².